The minimum Gasteiger partial charge on any atom is -0.497 e. The highest BCUT2D eigenvalue weighted by Gasteiger charge is 2.38. The Morgan fingerprint density at radius 3 is 2.43 bits per heavy atom. The number of carbonyl (C=O) groups excluding carboxylic acids is 1. The van der Waals surface area contributed by atoms with Gasteiger partial charge in [0.2, 0.25) is 0 Å². The standard InChI is InChI=1S/C22H21NO7/c1-27-14-4-5-15-13(10-23-18(21(24)25)11-30-22(23)26)6-12-7-19(28-2)20(29-3)9-16(12)17(15)8-14/h4-9,18H,10-11H2,1-3H3,(H,24,25)/t18-/m1/s1. The van der Waals surface area contributed by atoms with Crippen LogP contribution in [-0.4, -0.2) is 56.0 Å². The van der Waals surface area contributed by atoms with Crippen LogP contribution in [0.3, 0.4) is 0 Å². The molecule has 1 atom stereocenters. The molecule has 1 amide bonds. The molecule has 0 spiro atoms. The van der Waals surface area contributed by atoms with Crippen LogP contribution in [0.2, 0.25) is 0 Å². The molecule has 1 N–H and O–H groups in total. The number of ether oxygens (including phenoxy) is 4. The first-order valence-corrected chi connectivity index (χ1v) is 9.28. The SMILES string of the molecule is COc1ccc2c(CN3C(=O)OC[C@@H]3C(=O)O)cc3cc(OC)c(OC)cc3c2c1. The largest absolute Gasteiger partial charge is 0.497 e. The predicted octanol–water partition coefficient (Wildman–Crippen LogP) is 3.42. The summed E-state index contributed by atoms with van der Waals surface area (Å²) in [5, 5.41) is 13.0. The number of cyclic esters (lactones) is 1. The highest BCUT2D eigenvalue weighted by Crippen LogP contribution is 2.39. The number of aliphatic carboxylic acids is 1. The zero-order chi connectivity index (χ0) is 21.4. The van der Waals surface area contributed by atoms with E-state index in [9.17, 15) is 14.7 Å². The first-order chi connectivity index (χ1) is 14.5. The normalized spacial score (nSPS) is 16.0. The molecular weight excluding hydrogens is 390 g/mol. The Bertz CT molecular complexity index is 1160. The second-order valence-electron chi connectivity index (χ2n) is 6.93. The van der Waals surface area contributed by atoms with Crippen molar-refractivity contribution in [1.29, 1.82) is 0 Å². The summed E-state index contributed by atoms with van der Waals surface area (Å²) in [4.78, 5) is 24.9. The molecule has 0 aliphatic carbocycles. The van der Waals surface area contributed by atoms with E-state index in [1.165, 1.54) is 4.90 Å². The predicted molar refractivity (Wildman–Crippen MR) is 109 cm³/mol. The third-order valence-electron chi connectivity index (χ3n) is 5.35. The first kappa shape index (κ1) is 19.6. The number of nitrogens with zero attached hydrogens (tertiary/aromatic N) is 1. The van der Waals surface area contributed by atoms with Gasteiger partial charge in [-0.3, -0.25) is 4.90 Å². The second kappa shape index (κ2) is 7.62. The maximum Gasteiger partial charge on any atom is 0.411 e. The number of carboxylic acid groups (broad SMARTS) is 1. The summed E-state index contributed by atoms with van der Waals surface area (Å²) >= 11 is 0. The Hall–Kier alpha value is -3.68. The lowest BCUT2D eigenvalue weighted by molar-refractivity contribution is -0.141. The quantitative estimate of drug-likeness (QED) is 0.621. The Morgan fingerprint density at radius 2 is 1.77 bits per heavy atom. The van der Waals surface area contributed by atoms with Gasteiger partial charge in [0.15, 0.2) is 17.5 Å². The van der Waals surface area contributed by atoms with Gasteiger partial charge < -0.3 is 24.1 Å². The van der Waals surface area contributed by atoms with E-state index in [-0.39, 0.29) is 13.2 Å². The Kier molecular flexibility index (Phi) is 4.99. The van der Waals surface area contributed by atoms with Crippen molar-refractivity contribution < 1.29 is 33.6 Å². The number of benzene rings is 3. The van der Waals surface area contributed by atoms with Crippen molar-refractivity contribution in [3.63, 3.8) is 0 Å². The fourth-order valence-corrected chi connectivity index (χ4v) is 3.81. The monoisotopic (exact) mass is 411 g/mol. The van der Waals surface area contributed by atoms with Crippen LogP contribution >= 0.6 is 0 Å². The Balaban J connectivity index is 1.94. The van der Waals surface area contributed by atoms with Crippen LogP contribution in [-0.2, 0) is 16.1 Å². The van der Waals surface area contributed by atoms with E-state index in [1.54, 1.807) is 21.3 Å². The van der Waals surface area contributed by atoms with Gasteiger partial charge in [-0.2, -0.15) is 0 Å². The van der Waals surface area contributed by atoms with Crippen molar-refractivity contribution in [2.75, 3.05) is 27.9 Å². The Morgan fingerprint density at radius 1 is 1.03 bits per heavy atom. The topological polar surface area (TPSA) is 94.5 Å². The molecule has 1 heterocycles. The molecule has 1 saturated heterocycles. The van der Waals surface area contributed by atoms with E-state index >= 15 is 0 Å². The summed E-state index contributed by atoms with van der Waals surface area (Å²) in [5.74, 6) is 0.747. The van der Waals surface area contributed by atoms with E-state index in [2.05, 4.69) is 0 Å². The van der Waals surface area contributed by atoms with Crippen molar-refractivity contribution in [1.82, 2.24) is 4.90 Å². The highest BCUT2D eigenvalue weighted by atomic mass is 16.6. The summed E-state index contributed by atoms with van der Waals surface area (Å²) in [7, 11) is 4.73. The van der Waals surface area contributed by atoms with Gasteiger partial charge in [-0.25, -0.2) is 9.59 Å². The molecule has 1 fully saturated rings. The van der Waals surface area contributed by atoms with Crippen LogP contribution in [0.25, 0.3) is 21.5 Å². The average molecular weight is 411 g/mol. The number of carboxylic acids is 1. The molecule has 8 heteroatoms. The fourth-order valence-electron chi connectivity index (χ4n) is 3.81. The van der Waals surface area contributed by atoms with Gasteiger partial charge in [0.1, 0.15) is 12.4 Å². The maximum atomic E-state index is 12.2. The first-order valence-electron chi connectivity index (χ1n) is 9.28. The fraction of sp³-hybridized carbons (Fsp3) is 0.273. The number of rotatable bonds is 6. The summed E-state index contributed by atoms with van der Waals surface area (Å²) in [6.07, 6.45) is -0.642. The van der Waals surface area contributed by atoms with Crippen molar-refractivity contribution in [3.8, 4) is 17.2 Å². The molecule has 3 aromatic rings. The smallest absolute Gasteiger partial charge is 0.411 e. The van der Waals surface area contributed by atoms with Gasteiger partial charge in [-0.05, 0) is 57.4 Å². The zero-order valence-corrected chi connectivity index (χ0v) is 16.8. The van der Waals surface area contributed by atoms with Gasteiger partial charge in [0.25, 0.3) is 0 Å². The van der Waals surface area contributed by atoms with Gasteiger partial charge in [-0.1, -0.05) is 6.07 Å². The number of methoxy groups -OCH3 is 3. The van der Waals surface area contributed by atoms with Crippen molar-refractivity contribution in [2.45, 2.75) is 12.6 Å². The minimum atomic E-state index is -1.10. The van der Waals surface area contributed by atoms with Crippen molar-refractivity contribution >= 4 is 33.6 Å². The molecule has 3 aromatic carbocycles. The van der Waals surface area contributed by atoms with Gasteiger partial charge in [0, 0.05) is 0 Å². The minimum absolute atomic E-state index is 0.100. The number of fused-ring (bicyclic) bond motifs is 3. The second-order valence-corrected chi connectivity index (χ2v) is 6.93. The van der Waals surface area contributed by atoms with Gasteiger partial charge in [-0.15, -0.1) is 0 Å². The van der Waals surface area contributed by atoms with Gasteiger partial charge >= 0.3 is 12.1 Å². The number of carbonyl (C=O) groups is 2. The number of hydrogen-bond acceptors (Lipinski definition) is 6. The maximum absolute atomic E-state index is 12.2. The lowest BCUT2D eigenvalue weighted by Crippen LogP contribution is -2.38. The van der Waals surface area contributed by atoms with E-state index in [0.29, 0.717) is 17.2 Å². The van der Waals surface area contributed by atoms with Crippen LogP contribution < -0.4 is 14.2 Å². The summed E-state index contributed by atoms with van der Waals surface area (Å²) in [6.45, 7) is -0.0680. The number of amides is 1. The zero-order valence-electron chi connectivity index (χ0n) is 16.8. The van der Waals surface area contributed by atoms with Crippen LogP contribution in [0, 0.1) is 0 Å². The molecule has 0 radical (unpaired) electrons. The summed E-state index contributed by atoms with van der Waals surface area (Å²) < 4.78 is 21.2. The van der Waals surface area contributed by atoms with Crippen LogP contribution in [0.15, 0.2) is 36.4 Å². The third-order valence-corrected chi connectivity index (χ3v) is 5.35. The molecule has 1 aliphatic rings. The molecule has 156 valence electrons. The lowest BCUT2D eigenvalue weighted by atomic mass is 9.96. The van der Waals surface area contributed by atoms with Crippen LogP contribution in [0.4, 0.5) is 4.79 Å². The van der Waals surface area contributed by atoms with E-state index in [4.69, 9.17) is 18.9 Å². The lowest BCUT2D eigenvalue weighted by Gasteiger charge is -2.20. The molecule has 8 nitrogen and oxygen atoms in total. The molecule has 1 aliphatic heterocycles. The third kappa shape index (κ3) is 3.20. The molecule has 4 rings (SSSR count). The molecule has 0 unspecified atom stereocenters. The molecule has 0 bridgehead atoms. The van der Waals surface area contributed by atoms with E-state index in [0.717, 1.165) is 27.1 Å². The molecule has 30 heavy (non-hydrogen) atoms. The van der Waals surface area contributed by atoms with Crippen molar-refractivity contribution in [2.24, 2.45) is 0 Å². The van der Waals surface area contributed by atoms with Crippen LogP contribution in [0.1, 0.15) is 5.56 Å². The van der Waals surface area contributed by atoms with Crippen LogP contribution in [0.5, 0.6) is 17.2 Å². The Labute approximate surface area is 172 Å². The summed E-state index contributed by atoms with van der Waals surface area (Å²) in [6, 6.07) is 10.3. The average Bonchev–Trinajstić information content (AvgIpc) is 3.12. The summed E-state index contributed by atoms with van der Waals surface area (Å²) in [5.41, 5.74) is 0.789. The van der Waals surface area contributed by atoms with E-state index in [1.807, 2.05) is 36.4 Å². The highest BCUT2D eigenvalue weighted by molar-refractivity contribution is 6.10. The number of hydrogen-bond donors (Lipinski definition) is 1. The molecule has 0 aromatic heterocycles. The molecule has 0 saturated carbocycles. The van der Waals surface area contributed by atoms with Gasteiger partial charge in [0.05, 0.1) is 27.9 Å². The van der Waals surface area contributed by atoms with E-state index < -0.39 is 18.1 Å². The van der Waals surface area contributed by atoms with Crippen molar-refractivity contribution in [3.05, 3.63) is 42.0 Å². The molecular formula is C22H21NO7.